The highest BCUT2D eigenvalue weighted by atomic mass is 19.4. The fourth-order valence-electron chi connectivity index (χ4n) is 1.71. The van der Waals surface area contributed by atoms with Crippen molar-refractivity contribution in [2.45, 2.75) is 13.1 Å². The fraction of sp³-hybridized carbons (Fsp3) is 0.125. The molecule has 5 heteroatoms. The Morgan fingerprint density at radius 1 is 1.14 bits per heavy atom. The van der Waals surface area contributed by atoms with Crippen LogP contribution in [0.25, 0.3) is 11.6 Å². The zero-order chi connectivity index (χ0) is 15.5. The Labute approximate surface area is 120 Å². The predicted octanol–water partition coefficient (Wildman–Crippen LogP) is 4.47. The van der Waals surface area contributed by atoms with E-state index in [1.165, 1.54) is 6.07 Å². The third-order valence-electron chi connectivity index (χ3n) is 2.88. The normalized spacial score (nSPS) is 12.0. The van der Waals surface area contributed by atoms with Crippen LogP contribution < -0.4 is 0 Å². The molecule has 1 aromatic carbocycles. The largest absolute Gasteiger partial charge is 0.417 e. The number of hydrogen-bond acceptors (Lipinski definition) is 2. The lowest BCUT2D eigenvalue weighted by Crippen LogP contribution is -2.05. The van der Waals surface area contributed by atoms with E-state index in [1.807, 2.05) is 37.3 Å². The average molecular weight is 288 g/mol. The highest BCUT2D eigenvalue weighted by molar-refractivity contribution is 5.88. The van der Waals surface area contributed by atoms with E-state index in [1.54, 1.807) is 6.08 Å². The van der Waals surface area contributed by atoms with E-state index in [4.69, 9.17) is 5.26 Å². The molecule has 0 aliphatic carbocycles. The lowest BCUT2D eigenvalue weighted by molar-refractivity contribution is -0.137. The number of hydrogen-bond donors (Lipinski definition) is 0. The van der Waals surface area contributed by atoms with Gasteiger partial charge in [0.1, 0.15) is 6.07 Å². The van der Waals surface area contributed by atoms with Gasteiger partial charge in [-0.05, 0) is 30.7 Å². The lowest BCUT2D eigenvalue weighted by Gasteiger charge is -2.06. The van der Waals surface area contributed by atoms with Crippen LogP contribution in [0.5, 0.6) is 0 Å². The van der Waals surface area contributed by atoms with Crippen molar-refractivity contribution in [1.29, 1.82) is 5.26 Å². The summed E-state index contributed by atoms with van der Waals surface area (Å²) in [7, 11) is 0. The first-order chi connectivity index (χ1) is 9.90. The molecule has 0 amide bonds. The minimum atomic E-state index is -4.43. The number of alkyl halides is 3. The van der Waals surface area contributed by atoms with Gasteiger partial charge in [-0.1, -0.05) is 29.8 Å². The quantitative estimate of drug-likeness (QED) is 0.764. The molecule has 0 radical (unpaired) electrons. The maximum Gasteiger partial charge on any atom is 0.417 e. The number of aryl methyl sites for hydroxylation is 1. The van der Waals surface area contributed by atoms with Gasteiger partial charge in [0.15, 0.2) is 0 Å². The smallest absolute Gasteiger partial charge is 0.255 e. The van der Waals surface area contributed by atoms with E-state index < -0.39 is 11.7 Å². The number of pyridine rings is 1. The van der Waals surface area contributed by atoms with Crippen LogP contribution in [0.3, 0.4) is 0 Å². The minimum Gasteiger partial charge on any atom is -0.255 e. The Bertz CT molecular complexity index is 690. The summed E-state index contributed by atoms with van der Waals surface area (Å²) in [5, 5.41) is 9.14. The molecule has 0 saturated heterocycles. The molecule has 1 heterocycles. The van der Waals surface area contributed by atoms with E-state index in [-0.39, 0.29) is 11.3 Å². The number of nitriles is 1. The van der Waals surface area contributed by atoms with Gasteiger partial charge < -0.3 is 0 Å². The van der Waals surface area contributed by atoms with Gasteiger partial charge in [-0.3, -0.25) is 4.98 Å². The highest BCUT2D eigenvalue weighted by Gasteiger charge is 2.30. The third-order valence-corrected chi connectivity index (χ3v) is 2.88. The first kappa shape index (κ1) is 14.8. The van der Waals surface area contributed by atoms with Gasteiger partial charge in [0, 0.05) is 6.20 Å². The van der Waals surface area contributed by atoms with Gasteiger partial charge in [0.25, 0.3) is 0 Å². The van der Waals surface area contributed by atoms with Crippen LogP contribution in [-0.4, -0.2) is 4.98 Å². The summed E-state index contributed by atoms with van der Waals surface area (Å²) in [6.07, 6.45) is -2.11. The molecule has 2 nitrogen and oxygen atoms in total. The molecule has 0 saturated carbocycles. The van der Waals surface area contributed by atoms with E-state index in [0.717, 1.165) is 23.4 Å². The van der Waals surface area contributed by atoms with Crippen LogP contribution >= 0.6 is 0 Å². The fourth-order valence-corrected chi connectivity index (χ4v) is 1.71. The molecule has 106 valence electrons. The molecule has 0 bridgehead atoms. The Morgan fingerprint density at radius 3 is 2.29 bits per heavy atom. The second-order valence-electron chi connectivity index (χ2n) is 4.51. The summed E-state index contributed by atoms with van der Waals surface area (Å²) in [5.41, 5.74) is 1.47. The average Bonchev–Trinajstić information content (AvgIpc) is 2.46. The van der Waals surface area contributed by atoms with Crippen LogP contribution in [0.2, 0.25) is 0 Å². The van der Waals surface area contributed by atoms with E-state index in [0.29, 0.717) is 0 Å². The molecule has 2 rings (SSSR count). The summed E-state index contributed by atoms with van der Waals surface area (Å²) in [6.45, 7) is 1.94. The van der Waals surface area contributed by atoms with Gasteiger partial charge in [-0.15, -0.1) is 0 Å². The number of nitrogens with zero attached hydrogens (tertiary/aromatic N) is 2. The maximum atomic E-state index is 12.5. The van der Waals surface area contributed by atoms with Crippen molar-refractivity contribution in [3.63, 3.8) is 0 Å². The van der Waals surface area contributed by atoms with Gasteiger partial charge in [-0.2, -0.15) is 18.4 Å². The van der Waals surface area contributed by atoms with Crippen LogP contribution in [0.4, 0.5) is 13.2 Å². The van der Waals surface area contributed by atoms with E-state index in [9.17, 15) is 13.2 Å². The summed E-state index contributed by atoms with van der Waals surface area (Å²) in [4.78, 5) is 3.72. The second kappa shape index (κ2) is 5.80. The van der Waals surface area contributed by atoms with Crippen LogP contribution in [-0.2, 0) is 6.18 Å². The van der Waals surface area contributed by atoms with Gasteiger partial charge in [0.05, 0.1) is 16.8 Å². The zero-order valence-corrected chi connectivity index (χ0v) is 11.1. The number of allylic oxidation sites excluding steroid dienone is 1. The Hall–Kier alpha value is -2.61. The van der Waals surface area contributed by atoms with Crippen LogP contribution in [0.1, 0.15) is 22.4 Å². The molecule has 0 spiro atoms. The Morgan fingerprint density at radius 2 is 1.81 bits per heavy atom. The van der Waals surface area contributed by atoms with Crippen molar-refractivity contribution >= 4 is 11.6 Å². The van der Waals surface area contributed by atoms with Crippen molar-refractivity contribution < 1.29 is 13.2 Å². The van der Waals surface area contributed by atoms with Crippen molar-refractivity contribution in [3.05, 3.63) is 65.0 Å². The van der Waals surface area contributed by atoms with Crippen molar-refractivity contribution in [3.8, 4) is 6.07 Å². The highest BCUT2D eigenvalue weighted by Crippen LogP contribution is 2.29. The lowest BCUT2D eigenvalue weighted by atomic mass is 10.1. The summed E-state index contributed by atoms with van der Waals surface area (Å²) < 4.78 is 37.4. The van der Waals surface area contributed by atoms with Gasteiger partial charge in [0.2, 0.25) is 0 Å². The van der Waals surface area contributed by atoms with Crippen molar-refractivity contribution in [1.82, 2.24) is 4.98 Å². The zero-order valence-electron chi connectivity index (χ0n) is 11.1. The molecule has 0 atom stereocenters. The van der Waals surface area contributed by atoms with Crippen LogP contribution in [0, 0.1) is 18.3 Å². The SMILES string of the molecule is Cc1ccc(C=C(C#N)c2ccc(C(F)(F)F)cn2)cc1. The predicted molar refractivity (Wildman–Crippen MR) is 73.9 cm³/mol. The molecule has 21 heavy (non-hydrogen) atoms. The van der Waals surface area contributed by atoms with Gasteiger partial charge >= 0.3 is 6.18 Å². The number of halogens is 3. The van der Waals surface area contributed by atoms with Crippen molar-refractivity contribution in [2.24, 2.45) is 0 Å². The number of benzene rings is 1. The third kappa shape index (κ3) is 3.69. The topological polar surface area (TPSA) is 36.7 Å². The molecule has 0 fully saturated rings. The first-order valence-corrected chi connectivity index (χ1v) is 6.12. The Kier molecular flexibility index (Phi) is 4.08. The summed E-state index contributed by atoms with van der Waals surface area (Å²) >= 11 is 0. The maximum absolute atomic E-state index is 12.5. The monoisotopic (exact) mass is 288 g/mol. The minimum absolute atomic E-state index is 0.214. The van der Waals surface area contributed by atoms with E-state index in [2.05, 4.69) is 4.98 Å². The molecular weight excluding hydrogens is 277 g/mol. The molecule has 0 unspecified atom stereocenters. The summed E-state index contributed by atoms with van der Waals surface area (Å²) in [6, 6.07) is 11.5. The number of aromatic nitrogens is 1. The first-order valence-electron chi connectivity index (χ1n) is 6.12. The molecule has 2 aromatic rings. The molecule has 0 N–H and O–H groups in total. The number of rotatable bonds is 2. The molecule has 0 aliphatic rings. The summed E-state index contributed by atoms with van der Waals surface area (Å²) in [5.74, 6) is 0. The van der Waals surface area contributed by atoms with E-state index >= 15 is 0 Å². The van der Waals surface area contributed by atoms with Gasteiger partial charge in [-0.25, -0.2) is 0 Å². The Balaban J connectivity index is 2.34. The molecular formula is C16H11F3N2. The molecule has 1 aromatic heterocycles. The molecule has 0 aliphatic heterocycles. The standard InChI is InChI=1S/C16H11F3N2/c1-11-2-4-12(5-3-11)8-13(9-20)15-7-6-14(10-21-15)16(17,18)19/h2-8,10H,1H3. The van der Waals surface area contributed by atoms with Crippen LogP contribution in [0.15, 0.2) is 42.6 Å². The van der Waals surface area contributed by atoms with Crippen molar-refractivity contribution in [2.75, 3.05) is 0 Å². The second-order valence-corrected chi connectivity index (χ2v) is 4.51.